The van der Waals surface area contributed by atoms with Gasteiger partial charge >= 0.3 is 11.9 Å². The monoisotopic (exact) mass is 385 g/mol. The largest absolute Gasteiger partial charge is 0.481 e. The Bertz CT molecular complexity index is 533. The third-order valence-corrected chi connectivity index (χ3v) is 4.93. The smallest absolute Gasteiger partial charge is 0.307 e. The van der Waals surface area contributed by atoms with Crippen LogP contribution < -0.4 is 16.4 Å². The van der Waals surface area contributed by atoms with Gasteiger partial charge in [0, 0.05) is 6.04 Å². The van der Waals surface area contributed by atoms with Crippen LogP contribution in [0.1, 0.15) is 58.3 Å². The van der Waals surface area contributed by atoms with Crippen LogP contribution in [-0.4, -0.2) is 54.1 Å². The number of carboxylic acid groups (broad SMARTS) is 1. The third-order valence-electron chi connectivity index (χ3n) is 4.93. The molecular formula is C18H31N3O6. The molecule has 0 aliphatic heterocycles. The highest BCUT2D eigenvalue weighted by Gasteiger charge is 2.30. The Morgan fingerprint density at radius 3 is 2.22 bits per heavy atom. The summed E-state index contributed by atoms with van der Waals surface area (Å²) in [6.07, 6.45) is 4.97. The first-order chi connectivity index (χ1) is 12.8. The Morgan fingerprint density at radius 2 is 1.70 bits per heavy atom. The second-order valence-electron chi connectivity index (χ2n) is 6.97. The summed E-state index contributed by atoms with van der Waals surface area (Å²) in [5, 5.41) is 14.1. The van der Waals surface area contributed by atoms with Crippen molar-refractivity contribution >= 4 is 23.8 Å². The number of carboxylic acids is 1. The van der Waals surface area contributed by atoms with Gasteiger partial charge in [-0.2, -0.15) is 0 Å². The summed E-state index contributed by atoms with van der Waals surface area (Å²) in [5.74, 6) is -2.50. The van der Waals surface area contributed by atoms with Gasteiger partial charge in [-0.05, 0) is 25.2 Å². The fourth-order valence-corrected chi connectivity index (χ4v) is 3.33. The van der Waals surface area contributed by atoms with Crippen molar-refractivity contribution in [1.82, 2.24) is 10.6 Å². The zero-order valence-corrected chi connectivity index (χ0v) is 16.0. The molecule has 0 aromatic rings. The first-order valence-electron chi connectivity index (χ1n) is 9.43. The normalized spacial score (nSPS) is 18.0. The molecule has 5 N–H and O–H groups in total. The number of hydrogen-bond donors (Lipinski definition) is 4. The lowest BCUT2D eigenvalue weighted by atomic mass is 9.82. The van der Waals surface area contributed by atoms with Gasteiger partial charge in [0.1, 0.15) is 6.04 Å². The lowest BCUT2D eigenvalue weighted by molar-refractivity contribution is -0.142. The molecule has 0 aromatic heterocycles. The van der Waals surface area contributed by atoms with Crippen LogP contribution in [0.4, 0.5) is 0 Å². The summed E-state index contributed by atoms with van der Waals surface area (Å²) in [6.45, 7) is 1.73. The molecule has 154 valence electrons. The van der Waals surface area contributed by atoms with Gasteiger partial charge in [0.15, 0.2) is 0 Å². The first-order valence-corrected chi connectivity index (χ1v) is 9.43. The van der Waals surface area contributed by atoms with Crippen LogP contribution in [0.25, 0.3) is 0 Å². The van der Waals surface area contributed by atoms with Crippen LogP contribution in [0, 0.1) is 5.92 Å². The van der Waals surface area contributed by atoms with Crippen molar-refractivity contribution in [1.29, 1.82) is 0 Å². The Kier molecular flexibility index (Phi) is 9.77. The summed E-state index contributed by atoms with van der Waals surface area (Å²) in [7, 11) is 1.31. The minimum absolute atomic E-state index is 0.0792. The molecule has 1 fully saturated rings. The summed E-state index contributed by atoms with van der Waals surface area (Å²) < 4.78 is 4.74. The van der Waals surface area contributed by atoms with Gasteiger partial charge in [0.05, 0.1) is 26.0 Å². The number of ether oxygens (including phenoxy) is 1. The average molecular weight is 385 g/mol. The number of aliphatic carboxylic acids is 1. The van der Waals surface area contributed by atoms with Gasteiger partial charge in [-0.1, -0.05) is 26.2 Å². The molecule has 1 saturated carbocycles. The van der Waals surface area contributed by atoms with Gasteiger partial charge in [0.2, 0.25) is 11.8 Å². The predicted octanol–water partition coefficient (Wildman–Crippen LogP) is 0.311. The average Bonchev–Trinajstić information content (AvgIpc) is 2.65. The SMILES string of the molecule is CCC(NC(=O)[C@@H](N)CC(=O)O)C(=O)NC(CC(=O)OC)C1CCCCC1. The van der Waals surface area contributed by atoms with E-state index in [1.165, 1.54) is 7.11 Å². The summed E-state index contributed by atoms with van der Waals surface area (Å²) in [5.41, 5.74) is 5.54. The van der Waals surface area contributed by atoms with Crippen molar-refractivity contribution in [3.05, 3.63) is 0 Å². The second-order valence-corrected chi connectivity index (χ2v) is 6.97. The fourth-order valence-electron chi connectivity index (χ4n) is 3.33. The van der Waals surface area contributed by atoms with Crippen molar-refractivity contribution in [2.75, 3.05) is 7.11 Å². The molecule has 9 nitrogen and oxygen atoms in total. The summed E-state index contributed by atoms with van der Waals surface area (Å²) >= 11 is 0. The number of nitrogens with one attached hydrogen (secondary N) is 2. The fraction of sp³-hybridized carbons (Fsp3) is 0.778. The number of carbonyl (C=O) groups is 4. The van der Waals surface area contributed by atoms with Crippen molar-refractivity contribution < 1.29 is 29.0 Å². The molecular weight excluding hydrogens is 354 g/mol. The maximum atomic E-state index is 12.6. The molecule has 0 bridgehead atoms. The van der Waals surface area contributed by atoms with Crippen molar-refractivity contribution in [2.24, 2.45) is 11.7 Å². The zero-order chi connectivity index (χ0) is 20.4. The van der Waals surface area contributed by atoms with Gasteiger partial charge in [0.25, 0.3) is 0 Å². The minimum Gasteiger partial charge on any atom is -0.481 e. The first kappa shape index (κ1) is 22.9. The molecule has 27 heavy (non-hydrogen) atoms. The molecule has 1 aliphatic carbocycles. The Labute approximate surface area is 159 Å². The Morgan fingerprint density at radius 1 is 1.07 bits per heavy atom. The molecule has 2 amide bonds. The van der Waals surface area contributed by atoms with Crippen LogP contribution in [0.5, 0.6) is 0 Å². The molecule has 0 spiro atoms. The van der Waals surface area contributed by atoms with E-state index >= 15 is 0 Å². The van der Waals surface area contributed by atoms with E-state index in [2.05, 4.69) is 10.6 Å². The highest BCUT2D eigenvalue weighted by atomic mass is 16.5. The molecule has 1 rings (SSSR count). The summed E-state index contributed by atoms with van der Waals surface area (Å²) in [4.78, 5) is 47.1. The zero-order valence-electron chi connectivity index (χ0n) is 16.0. The van der Waals surface area contributed by atoms with E-state index in [0.717, 1.165) is 32.1 Å². The highest BCUT2D eigenvalue weighted by Crippen LogP contribution is 2.28. The maximum absolute atomic E-state index is 12.6. The van der Waals surface area contributed by atoms with Crippen molar-refractivity contribution in [2.45, 2.75) is 76.4 Å². The number of carbonyl (C=O) groups excluding carboxylic acids is 3. The predicted molar refractivity (Wildman–Crippen MR) is 97.6 cm³/mol. The van der Waals surface area contributed by atoms with E-state index in [4.69, 9.17) is 15.6 Å². The van der Waals surface area contributed by atoms with E-state index in [1.54, 1.807) is 6.92 Å². The molecule has 1 aliphatic rings. The van der Waals surface area contributed by atoms with Crippen LogP contribution in [-0.2, 0) is 23.9 Å². The van der Waals surface area contributed by atoms with E-state index < -0.39 is 42.3 Å². The van der Waals surface area contributed by atoms with E-state index in [1.807, 2.05) is 0 Å². The number of nitrogens with two attached hydrogens (primary N) is 1. The maximum Gasteiger partial charge on any atom is 0.307 e. The molecule has 0 aromatic carbocycles. The highest BCUT2D eigenvalue weighted by molar-refractivity contribution is 5.91. The Balaban J connectivity index is 2.73. The van der Waals surface area contributed by atoms with Gasteiger partial charge in [-0.15, -0.1) is 0 Å². The minimum atomic E-state index is -1.23. The van der Waals surface area contributed by atoms with Crippen LogP contribution in [0.2, 0.25) is 0 Å². The lowest BCUT2D eigenvalue weighted by Crippen LogP contribution is -2.54. The van der Waals surface area contributed by atoms with Crippen molar-refractivity contribution in [3.8, 4) is 0 Å². The van der Waals surface area contributed by atoms with Crippen LogP contribution in [0.15, 0.2) is 0 Å². The number of amides is 2. The number of hydrogen-bond acceptors (Lipinski definition) is 6. The van der Waals surface area contributed by atoms with Crippen molar-refractivity contribution in [3.63, 3.8) is 0 Å². The molecule has 0 radical (unpaired) electrons. The van der Waals surface area contributed by atoms with E-state index in [-0.39, 0.29) is 18.4 Å². The standard InChI is InChI=1S/C18H31N3O6/c1-3-13(20-17(25)12(19)9-15(22)23)18(26)21-14(10-16(24)27-2)11-7-5-4-6-8-11/h11-14H,3-10,19H2,1-2H3,(H,20,25)(H,21,26)(H,22,23)/t12-,13?,14?/m0/s1. The van der Waals surface area contributed by atoms with E-state index in [0.29, 0.717) is 6.42 Å². The van der Waals surface area contributed by atoms with Gasteiger partial charge in [-0.3, -0.25) is 19.2 Å². The summed E-state index contributed by atoms with van der Waals surface area (Å²) in [6, 6.07) is -2.43. The molecule has 0 saturated heterocycles. The Hall–Kier alpha value is -2.16. The van der Waals surface area contributed by atoms with Crippen LogP contribution in [0.3, 0.4) is 0 Å². The topological polar surface area (TPSA) is 148 Å². The number of rotatable bonds is 10. The van der Waals surface area contributed by atoms with Gasteiger partial charge in [-0.25, -0.2) is 0 Å². The van der Waals surface area contributed by atoms with Gasteiger partial charge < -0.3 is 26.2 Å². The third kappa shape index (κ3) is 7.94. The lowest BCUT2D eigenvalue weighted by Gasteiger charge is -2.31. The molecule has 9 heteroatoms. The molecule has 2 unspecified atom stereocenters. The second kappa shape index (κ2) is 11.5. The molecule has 3 atom stereocenters. The van der Waals surface area contributed by atoms with Crippen LogP contribution >= 0.6 is 0 Å². The quantitative estimate of drug-likeness (QED) is 0.396. The number of methoxy groups -OCH3 is 1. The van der Waals surface area contributed by atoms with E-state index in [9.17, 15) is 19.2 Å². The number of esters is 1. The molecule has 0 heterocycles.